The molecule has 0 aliphatic carbocycles. The normalized spacial score (nSPS) is 16.5. The predicted molar refractivity (Wildman–Crippen MR) is 126 cm³/mol. The van der Waals surface area contributed by atoms with Crippen molar-refractivity contribution < 1.29 is 23.1 Å². The van der Waals surface area contributed by atoms with Crippen molar-refractivity contribution in [3.8, 4) is 5.75 Å². The topological polar surface area (TPSA) is 108 Å². The van der Waals surface area contributed by atoms with Crippen LogP contribution in [-0.2, 0) is 14.8 Å². The van der Waals surface area contributed by atoms with Crippen LogP contribution < -0.4 is 14.5 Å². The Morgan fingerprint density at radius 3 is 2.48 bits per heavy atom. The van der Waals surface area contributed by atoms with Crippen LogP contribution in [0.25, 0.3) is 11.0 Å². The molecule has 2 aliphatic heterocycles. The molecule has 33 heavy (non-hydrogen) atoms. The van der Waals surface area contributed by atoms with Gasteiger partial charge in [-0.05, 0) is 37.4 Å². The maximum absolute atomic E-state index is 13.4. The summed E-state index contributed by atoms with van der Waals surface area (Å²) < 4.78 is 33.9. The fraction of sp³-hybridized carbons (Fsp3) is 0.364. The van der Waals surface area contributed by atoms with Gasteiger partial charge >= 0.3 is 0 Å². The van der Waals surface area contributed by atoms with Crippen LogP contribution in [0.3, 0.4) is 0 Å². The quantitative estimate of drug-likeness (QED) is 0.567. The molecule has 0 radical (unpaired) electrons. The Morgan fingerprint density at radius 2 is 1.76 bits per heavy atom. The number of benzene rings is 1. The average molecular weight is 474 g/mol. The average Bonchev–Trinajstić information content (AvgIpc) is 3.24. The number of aromatic nitrogens is 2. The Morgan fingerprint density at radius 1 is 1.03 bits per heavy atom. The first kappa shape index (κ1) is 22.9. The van der Waals surface area contributed by atoms with E-state index in [1.54, 1.807) is 30.5 Å². The maximum Gasteiger partial charge on any atom is 0.290 e. The molecule has 0 unspecified atom stereocenters. The third kappa shape index (κ3) is 4.46. The second-order valence-electron chi connectivity index (χ2n) is 7.99. The molecule has 3 aromatic rings. The monoisotopic (exact) mass is 473 g/mol. The summed E-state index contributed by atoms with van der Waals surface area (Å²) in [4.78, 5) is 19.8. The summed E-state index contributed by atoms with van der Waals surface area (Å²) in [6.07, 6.45) is 1.58. The van der Waals surface area contributed by atoms with Crippen LogP contribution in [0.5, 0.6) is 5.75 Å². The van der Waals surface area contributed by atoms with Crippen LogP contribution in [0.2, 0.25) is 0 Å². The molecule has 4 heterocycles. The molecule has 0 saturated carbocycles. The lowest BCUT2D eigenvalue weighted by Crippen LogP contribution is -2.44. The molecule has 176 valence electrons. The maximum atomic E-state index is 13.4. The minimum Gasteiger partial charge on any atom is -0.490 e. The molecule has 0 atom stereocenters. The summed E-state index contributed by atoms with van der Waals surface area (Å²) in [6.45, 7) is 4.73. The van der Waals surface area contributed by atoms with Gasteiger partial charge in [-0.15, -0.1) is 0 Å². The summed E-state index contributed by atoms with van der Waals surface area (Å²) in [5.74, 6) is 1.40. The number of carboxylic acid groups (broad SMARTS) is 1. The van der Waals surface area contributed by atoms with Gasteiger partial charge in [0.1, 0.15) is 18.2 Å². The van der Waals surface area contributed by atoms with E-state index in [1.165, 1.54) is 3.97 Å². The lowest BCUT2D eigenvalue weighted by Gasteiger charge is -2.33. The molecule has 0 amide bonds. The third-order valence-electron chi connectivity index (χ3n) is 5.90. The van der Waals surface area contributed by atoms with Crippen molar-refractivity contribution in [2.75, 3.05) is 63.2 Å². The second-order valence-corrected chi connectivity index (χ2v) is 9.81. The highest BCUT2D eigenvalue weighted by Gasteiger charge is 2.24. The van der Waals surface area contributed by atoms with Crippen LogP contribution in [-0.4, -0.2) is 87.3 Å². The molecule has 0 spiro atoms. The molecule has 0 bridgehead atoms. The Kier molecular flexibility index (Phi) is 6.43. The van der Waals surface area contributed by atoms with Crippen LogP contribution in [0, 0.1) is 0 Å². The molecule has 10 nitrogen and oxygen atoms in total. The van der Waals surface area contributed by atoms with Gasteiger partial charge in [0.2, 0.25) is 0 Å². The van der Waals surface area contributed by atoms with Crippen molar-refractivity contribution in [3.63, 3.8) is 0 Å². The lowest BCUT2D eigenvalue weighted by molar-refractivity contribution is -0.122. The number of fused-ring (bicyclic) bond motifs is 2. The molecule has 1 N–H and O–H groups in total. The molecule has 5 rings (SSSR count). The standard InChI is InChI=1S/C21H25N5O3S.CH2O2/c1-23-9-11-25(12-10-23)20-6-3-16-7-8-26(21(16)22-20)30(27,28)17-4-5-18-19(15-17)29-14-13-24(18)2;2-1-3/h3-8,15H,9-14H2,1-2H3;1H,(H,2,3). The number of anilines is 2. The predicted octanol–water partition coefficient (Wildman–Crippen LogP) is 1.55. The van der Waals surface area contributed by atoms with Crippen molar-refractivity contribution in [3.05, 3.63) is 42.6 Å². The first-order chi connectivity index (χ1) is 15.8. The van der Waals surface area contributed by atoms with Crippen LogP contribution in [0.15, 0.2) is 47.5 Å². The van der Waals surface area contributed by atoms with Crippen LogP contribution in [0.4, 0.5) is 11.5 Å². The molecular weight excluding hydrogens is 446 g/mol. The van der Waals surface area contributed by atoms with E-state index < -0.39 is 10.0 Å². The number of ether oxygens (including phenoxy) is 1. The smallest absolute Gasteiger partial charge is 0.290 e. The summed E-state index contributed by atoms with van der Waals surface area (Å²) in [6, 6.07) is 10.7. The van der Waals surface area contributed by atoms with Gasteiger partial charge in [0.15, 0.2) is 5.65 Å². The molecular formula is C22H27N5O5S. The van der Waals surface area contributed by atoms with E-state index in [0.29, 0.717) is 18.0 Å². The van der Waals surface area contributed by atoms with Gasteiger partial charge in [-0.25, -0.2) is 17.4 Å². The Labute approximate surface area is 192 Å². The van der Waals surface area contributed by atoms with Crippen molar-refractivity contribution >= 4 is 39.0 Å². The van der Waals surface area contributed by atoms with Gasteiger partial charge in [0.25, 0.3) is 16.5 Å². The fourth-order valence-electron chi connectivity index (χ4n) is 3.99. The van der Waals surface area contributed by atoms with E-state index in [0.717, 1.165) is 49.6 Å². The SMILES string of the molecule is CN1CCN(c2ccc3ccn(S(=O)(=O)c4ccc5c(c4)OCCN5C)c3n2)CC1.O=CO. The highest BCUT2D eigenvalue weighted by molar-refractivity contribution is 7.90. The first-order valence-corrected chi connectivity index (χ1v) is 12.0. The minimum atomic E-state index is -3.80. The third-order valence-corrected chi connectivity index (χ3v) is 7.56. The fourth-order valence-corrected chi connectivity index (χ4v) is 5.31. The Balaban J connectivity index is 0.000000821. The number of piperazine rings is 1. The number of hydrogen-bond acceptors (Lipinski definition) is 8. The van der Waals surface area contributed by atoms with E-state index >= 15 is 0 Å². The van der Waals surface area contributed by atoms with Gasteiger partial charge in [-0.1, -0.05) is 0 Å². The number of rotatable bonds is 3. The van der Waals surface area contributed by atoms with Crippen LogP contribution in [0.1, 0.15) is 0 Å². The van der Waals surface area contributed by atoms with Gasteiger partial charge < -0.3 is 24.5 Å². The van der Waals surface area contributed by atoms with Crippen molar-refractivity contribution in [1.82, 2.24) is 13.9 Å². The van der Waals surface area contributed by atoms with Gasteiger partial charge in [-0.2, -0.15) is 0 Å². The molecule has 1 saturated heterocycles. The van der Waals surface area contributed by atoms with E-state index in [9.17, 15) is 8.42 Å². The Hall–Kier alpha value is -3.31. The number of hydrogen-bond donors (Lipinski definition) is 1. The number of pyridine rings is 1. The number of likely N-dealkylation sites (N-methyl/N-ethyl adjacent to an activating group) is 2. The summed E-state index contributed by atoms with van der Waals surface area (Å²) in [5.41, 5.74) is 1.34. The van der Waals surface area contributed by atoms with E-state index in [4.69, 9.17) is 19.6 Å². The van der Waals surface area contributed by atoms with Crippen molar-refractivity contribution in [2.24, 2.45) is 0 Å². The molecule has 11 heteroatoms. The molecule has 2 aliphatic rings. The first-order valence-electron chi connectivity index (χ1n) is 10.6. The van der Waals surface area contributed by atoms with E-state index in [2.05, 4.69) is 21.7 Å². The van der Waals surface area contributed by atoms with E-state index in [1.807, 2.05) is 19.2 Å². The van der Waals surface area contributed by atoms with Crippen molar-refractivity contribution in [1.29, 1.82) is 0 Å². The zero-order valence-corrected chi connectivity index (χ0v) is 19.4. The number of nitrogens with zero attached hydrogens (tertiary/aromatic N) is 5. The largest absolute Gasteiger partial charge is 0.490 e. The number of carbonyl (C=O) groups is 1. The highest BCUT2D eigenvalue weighted by atomic mass is 32.2. The lowest BCUT2D eigenvalue weighted by atomic mass is 10.2. The van der Waals surface area contributed by atoms with Gasteiger partial charge in [0, 0.05) is 50.9 Å². The van der Waals surface area contributed by atoms with Gasteiger partial charge in [-0.3, -0.25) is 4.79 Å². The Bertz CT molecular complexity index is 1250. The van der Waals surface area contributed by atoms with Crippen LogP contribution >= 0.6 is 0 Å². The summed E-state index contributed by atoms with van der Waals surface area (Å²) >= 11 is 0. The molecule has 1 aromatic carbocycles. The molecule has 1 fully saturated rings. The molecule has 2 aromatic heterocycles. The highest BCUT2D eigenvalue weighted by Crippen LogP contribution is 2.34. The summed E-state index contributed by atoms with van der Waals surface area (Å²) in [7, 11) is 0.273. The second kappa shape index (κ2) is 9.28. The van der Waals surface area contributed by atoms with Gasteiger partial charge in [0.05, 0.1) is 17.1 Å². The summed E-state index contributed by atoms with van der Waals surface area (Å²) in [5, 5.41) is 7.69. The van der Waals surface area contributed by atoms with E-state index in [-0.39, 0.29) is 11.4 Å². The minimum absolute atomic E-state index is 0.195. The zero-order chi connectivity index (χ0) is 23.6. The van der Waals surface area contributed by atoms with Crippen molar-refractivity contribution in [2.45, 2.75) is 4.90 Å². The zero-order valence-electron chi connectivity index (χ0n) is 18.6.